The lowest BCUT2D eigenvalue weighted by atomic mass is 10.0. The fraction of sp³-hybridized carbons (Fsp3) is 0.900. The molecule has 1 fully saturated rings. The van der Waals surface area contributed by atoms with Crippen LogP contribution in [0, 0.1) is 5.92 Å². The fourth-order valence-corrected chi connectivity index (χ4v) is 1.32. The van der Waals surface area contributed by atoms with Crippen LogP contribution in [-0.2, 0) is 4.74 Å². The van der Waals surface area contributed by atoms with E-state index >= 15 is 0 Å². The minimum Gasteiger partial charge on any atom is -0.385 e. The van der Waals surface area contributed by atoms with Gasteiger partial charge in [0.15, 0.2) is 5.96 Å². The van der Waals surface area contributed by atoms with Gasteiger partial charge >= 0.3 is 0 Å². The lowest BCUT2D eigenvalue weighted by Crippen LogP contribution is -2.38. The van der Waals surface area contributed by atoms with E-state index in [0.29, 0.717) is 38.1 Å². The summed E-state index contributed by atoms with van der Waals surface area (Å²) in [6, 6.07) is 0. The molecular formula is C10H21N3O2. The van der Waals surface area contributed by atoms with E-state index in [4.69, 9.17) is 10.5 Å². The normalized spacial score (nSPS) is 27.3. The highest BCUT2D eigenvalue weighted by atomic mass is 16.5. The third-order valence-electron chi connectivity index (χ3n) is 2.32. The lowest BCUT2D eigenvalue weighted by molar-refractivity contribution is 0.0349. The van der Waals surface area contributed by atoms with Crippen molar-refractivity contribution in [3.05, 3.63) is 0 Å². The number of hydrogen-bond acceptors (Lipinski definition) is 3. The summed E-state index contributed by atoms with van der Waals surface area (Å²) < 4.78 is 5.11. The molecule has 1 aliphatic heterocycles. The molecule has 5 heteroatoms. The Labute approximate surface area is 90.7 Å². The zero-order chi connectivity index (χ0) is 11.3. The van der Waals surface area contributed by atoms with E-state index in [-0.39, 0.29) is 0 Å². The van der Waals surface area contributed by atoms with Gasteiger partial charge in [0.05, 0.1) is 13.2 Å². The summed E-state index contributed by atoms with van der Waals surface area (Å²) in [5.41, 5.74) is 4.83. The Kier molecular flexibility index (Phi) is 4.35. The zero-order valence-corrected chi connectivity index (χ0v) is 9.49. The van der Waals surface area contributed by atoms with Gasteiger partial charge < -0.3 is 20.9 Å². The van der Waals surface area contributed by atoms with Crippen molar-refractivity contribution in [1.29, 1.82) is 0 Å². The van der Waals surface area contributed by atoms with Gasteiger partial charge in [0.1, 0.15) is 5.60 Å². The van der Waals surface area contributed by atoms with Gasteiger partial charge in [0.2, 0.25) is 0 Å². The van der Waals surface area contributed by atoms with Crippen molar-refractivity contribution < 1.29 is 9.84 Å². The standard InChI is InChI=1S/C10H21N3O2/c1-8(2)5-12-9(11)13-6-10(14)3-4-15-7-10/h8,14H,3-7H2,1-2H3,(H3,11,12,13). The SMILES string of the molecule is CC(C)CNC(N)=NCC1(O)CCOC1. The van der Waals surface area contributed by atoms with Crippen LogP contribution in [0.4, 0.5) is 0 Å². The summed E-state index contributed by atoms with van der Waals surface area (Å²) in [5, 5.41) is 12.9. The van der Waals surface area contributed by atoms with Crippen LogP contribution in [0.5, 0.6) is 0 Å². The van der Waals surface area contributed by atoms with E-state index in [9.17, 15) is 5.11 Å². The zero-order valence-electron chi connectivity index (χ0n) is 9.49. The minimum absolute atomic E-state index is 0.309. The van der Waals surface area contributed by atoms with E-state index in [2.05, 4.69) is 24.2 Å². The van der Waals surface area contributed by atoms with Gasteiger partial charge in [0.25, 0.3) is 0 Å². The molecule has 88 valence electrons. The van der Waals surface area contributed by atoms with Crippen LogP contribution in [-0.4, -0.2) is 43.0 Å². The fourth-order valence-electron chi connectivity index (χ4n) is 1.32. The van der Waals surface area contributed by atoms with Gasteiger partial charge in [-0.1, -0.05) is 13.8 Å². The van der Waals surface area contributed by atoms with Crippen molar-refractivity contribution in [2.45, 2.75) is 25.9 Å². The van der Waals surface area contributed by atoms with Crippen LogP contribution < -0.4 is 11.1 Å². The van der Waals surface area contributed by atoms with Crippen molar-refractivity contribution in [1.82, 2.24) is 5.32 Å². The number of nitrogens with zero attached hydrogens (tertiary/aromatic N) is 1. The molecule has 0 aromatic carbocycles. The predicted octanol–water partition coefficient (Wildman–Crippen LogP) is -0.302. The number of rotatable bonds is 4. The molecule has 5 nitrogen and oxygen atoms in total. The second-order valence-electron chi connectivity index (χ2n) is 4.50. The highest BCUT2D eigenvalue weighted by Gasteiger charge is 2.31. The third-order valence-corrected chi connectivity index (χ3v) is 2.32. The van der Waals surface area contributed by atoms with Crippen molar-refractivity contribution in [2.24, 2.45) is 16.6 Å². The molecule has 0 aliphatic carbocycles. The maximum absolute atomic E-state index is 9.90. The van der Waals surface area contributed by atoms with Crippen LogP contribution >= 0.6 is 0 Å². The molecule has 4 N–H and O–H groups in total. The van der Waals surface area contributed by atoms with Crippen LogP contribution in [0.2, 0.25) is 0 Å². The number of nitrogens with two attached hydrogens (primary N) is 1. The van der Waals surface area contributed by atoms with Crippen LogP contribution in [0.1, 0.15) is 20.3 Å². The Bertz CT molecular complexity index is 223. The summed E-state index contributed by atoms with van der Waals surface area (Å²) in [4.78, 5) is 4.10. The van der Waals surface area contributed by atoms with Gasteiger partial charge in [-0.15, -0.1) is 0 Å². The Morgan fingerprint density at radius 1 is 1.67 bits per heavy atom. The van der Waals surface area contributed by atoms with Crippen LogP contribution in [0.25, 0.3) is 0 Å². The maximum atomic E-state index is 9.90. The Hall–Kier alpha value is -0.810. The molecule has 1 aliphatic rings. The third kappa shape index (κ3) is 4.48. The van der Waals surface area contributed by atoms with Crippen LogP contribution in [0.3, 0.4) is 0 Å². The first kappa shape index (κ1) is 12.3. The summed E-state index contributed by atoms with van der Waals surface area (Å²) in [5.74, 6) is 0.917. The Morgan fingerprint density at radius 3 is 2.93 bits per heavy atom. The number of hydrogen-bond donors (Lipinski definition) is 3. The number of ether oxygens (including phenoxy) is 1. The summed E-state index contributed by atoms with van der Waals surface area (Å²) in [6.45, 7) is 6.25. The molecule has 0 radical (unpaired) electrons. The highest BCUT2D eigenvalue weighted by molar-refractivity contribution is 5.77. The van der Waals surface area contributed by atoms with E-state index in [1.165, 1.54) is 0 Å². The average Bonchev–Trinajstić information content (AvgIpc) is 2.60. The summed E-state index contributed by atoms with van der Waals surface area (Å²) >= 11 is 0. The van der Waals surface area contributed by atoms with Gasteiger partial charge in [-0.05, 0) is 5.92 Å². The number of aliphatic hydroxyl groups is 1. The number of nitrogens with one attached hydrogen (secondary N) is 1. The molecule has 0 bridgehead atoms. The molecule has 0 aromatic heterocycles. The molecule has 0 saturated carbocycles. The number of aliphatic imine (C=N–C) groups is 1. The molecule has 0 amide bonds. The van der Waals surface area contributed by atoms with E-state index < -0.39 is 5.60 Å². The van der Waals surface area contributed by atoms with Gasteiger partial charge in [-0.3, -0.25) is 4.99 Å². The molecule has 1 rings (SSSR count). The van der Waals surface area contributed by atoms with Crippen LogP contribution in [0.15, 0.2) is 4.99 Å². The largest absolute Gasteiger partial charge is 0.385 e. The molecule has 0 aromatic rings. The topological polar surface area (TPSA) is 79.9 Å². The molecule has 1 heterocycles. The van der Waals surface area contributed by atoms with Gasteiger partial charge in [-0.25, -0.2) is 0 Å². The first-order chi connectivity index (χ1) is 7.02. The number of guanidine groups is 1. The van der Waals surface area contributed by atoms with Crippen molar-refractivity contribution in [3.8, 4) is 0 Å². The second kappa shape index (κ2) is 5.32. The molecule has 15 heavy (non-hydrogen) atoms. The molecule has 1 saturated heterocycles. The first-order valence-electron chi connectivity index (χ1n) is 5.36. The molecular weight excluding hydrogens is 194 g/mol. The lowest BCUT2D eigenvalue weighted by Gasteiger charge is -2.17. The quantitative estimate of drug-likeness (QED) is 0.444. The van der Waals surface area contributed by atoms with E-state index in [1.54, 1.807) is 0 Å². The van der Waals surface area contributed by atoms with E-state index in [1.807, 2.05) is 0 Å². The van der Waals surface area contributed by atoms with Gasteiger partial charge in [-0.2, -0.15) is 0 Å². The maximum Gasteiger partial charge on any atom is 0.188 e. The summed E-state index contributed by atoms with van der Waals surface area (Å²) in [6.07, 6.45) is 0.633. The average molecular weight is 215 g/mol. The van der Waals surface area contributed by atoms with Crippen molar-refractivity contribution in [3.63, 3.8) is 0 Å². The molecule has 1 atom stereocenters. The Balaban J connectivity index is 2.29. The molecule has 1 unspecified atom stereocenters. The molecule has 0 spiro atoms. The predicted molar refractivity (Wildman–Crippen MR) is 59.7 cm³/mol. The minimum atomic E-state index is -0.815. The van der Waals surface area contributed by atoms with Crippen molar-refractivity contribution in [2.75, 3.05) is 26.3 Å². The first-order valence-corrected chi connectivity index (χ1v) is 5.36. The van der Waals surface area contributed by atoms with Gasteiger partial charge in [0, 0.05) is 19.6 Å². The smallest absolute Gasteiger partial charge is 0.188 e. The van der Waals surface area contributed by atoms with E-state index in [0.717, 1.165) is 6.54 Å². The van der Waals surface area contributed by atoms with Crippen molar-refractivity contribution >= 4 is 5.96 Å². The second-order valence-corrected chi connectivity index (χ2v) is 4.50. The Morgan fingerprint density at radius 2 is 2.40 bits per heavy atom. The monoisotopic (exact) mass is 215 g/mol. The highest BCUT2D eigenvalue weighted by Crippen LogP contribution is 2.18. The summed E-state index contributed by atoms with van der Waals surface area (Å²) in [7, 11) is 0.